The van der Waals surface area contributed by atoms with Crippen LogP contribution in [0.25, 0.3) is 0 Å². The molecule has 0 aromatic heterocycles. The molecule has 0 N–H and O–H groups in total. The maximum Gasteiger partial charge on any atom is 0.223 e. The minimum atomic E-state index is -3.19. The van der Waals surface area contributed by atoms with E-state index in [0.29, 0.717) is 25.3 Å². The molecule has 0 aromatic rings. The highest BCUT2D eigenvalue weighted by atomic mass is 32.2. The van der Waals surface area contributed by atoms with Crippen molar-refractivity contribution in [1.82, 2.24) is 9.21 Å². The molecule has 17 heavy (non-hydrogen) atoms. The maximum atomic E-state index is 11.8. The monoisotopic (exact) mass is 280 g/mol. The molecule has 2 atom stereocenters. The largest absolute Gasteiger partial charge is 0.337 e. The van der Waals surface area contributed by atoms with E-state index in [9.17, 15) is 13.2 Å². The summed E-state index contributed by atoms with van der Waals surface area (Å²) in [7, 11) is -3.19. The van der Waals surface area contributed by atoms with Gasteiger partial charge in [0.1, 0.15) is 0 Å². The lowest BCUT2D eigenvalue weighted by atomic mass is 10.1. The molecule has 1 aliphatic rings. The van der Waals surface area contributed by atoms with E-state index < -0.39 is 10.0 Å². The number of sulfonamides is 1. The first-order chi connectivity index (χ1) is 7.77. The molecule has 0 aromatic carbocycles. The molecule has 5 nitrogen and oxygen atoms in total. The van der Waals surface area contributed by atoms with Crippen molar-refractivity contribution >= 4 is 28.6 Å². The minimum absolute atomic E-state index is 0.0486. The van der Waals surface area contributed by atoms with Gasteiger partial charge in [0.2, 0.25) is 15.9 Å². The van der Waals surface area contributed by atoms with Gasteiger partial charge in [-0.15, -0.1) is 0 Å². The van der Waals surface area contributed by atoms with Gasteiger partial charge in [-0.05, 0) is 19.6 Å². The van der Waals surface area contributed by atoms with Crippen molar-refractivity contribution in [2.75, 3.05) is 25.1 Å². The van der Waals surface area contributed by atoms with Crippen LogP contribution in [0, 0.1) is 0 Å². The highest BCUT2D eigenvalue weighted by Gasteiger charge is 2.35. The molecule has 0 radical (unpaired) electrons. The van der Waals surface area contributed by atoms with Crippen molar-refractivity contribution in [2.24, 2.45) is 0 Å². The Labute approximate surface area is 109 Å². The Kier molecular flexibility index (Phi) is 4.86. The van der Waals surface area contributed by atoms with E-state index in [-0.39, 0.29) is 18.0 Å². The van der Waals surface area contributed by atoms with Crippen molar-refractivity contribution < 1.29 is 13.2 Å². The molecule has 1 rings (SSSR count). The van der Waals surface area contributed by atoms with E-state index in [4.69, 9.17) is 0 Å². The number of hydrogen-bond donors (Lipinski definition) is 1. The molecule has 1 saturated heterocycles. The molecule has 100 valence electrons. The van der Waals surface area contributed by atoms with Crippen LogP contribution in [-0.4, -0.2) is 60.7 Å². The lowest BCUT2D eigenvalue weighted by molar-refractivity contribution is -0.135. The third-order valence-corrected chi connectivity index (χ3v) is 4.59. The summed E-state index contributed by atoms with van der Waals surface area (Å²) in [5.74, 6) is 0.569. The highest BCUT2D eigenvalue weighted by molar-refractivity contribution is 7.88. The van der Waals surface area contributed by atoms with Gasteiger partial charge >= 0.3 is 0 Å². The summed E-state index contributed by atoms with van der Waals surface area (Å²) in [5.41, 5.74) is 0. The van der Waals surface area contributed by atoms with Crippen molar-refractivity contribution in [3.8, 4) is 0 Å². The zero-order valence-electron chi connectivity index (χ0n) is 10.5. The molecule has 0 saturated carbocycles. The molecule has 1 amide bonds. The van der Waals surface area contributed by atoms with Gasteiger partial charge in [-0.3, -0.25) is 4.79 Å². The predicted molar refractivity (Wildman–Crippen MR) is 70.7 cm³/mol. The van der Waals surface area contributed by atoms with Crippen molar-refractivity contribution in [2.45, 2.75) is 32.4 Å². The predicted octanol–water partition coefficient (Wildman–Crippen LogP) is 0.187. The molecule has 0 aliphatic carbocycles. The lowest BCUT2D eigenvalue weighted by Crippen LogP contribution is -2.59. The average Bonchev–Trinajstić information content (AvgIpc) is 2.19. The average molecular weight is 280 g/mol. The zero-order valence-corrected chi connectivity index (χ0v) is 12.2. The van der Waals surface area contributed by atoms with Gasteiger partial charge in [0.05, 0.1) is 6.26 Å². The number of rotatable bonds is 3. The highest BCUT2D eigenvalue weighted by Crippen LogP contribution is 2.18. The smallest absolute Gasteiger partial charge is 0.223 e. The fourth-order valence-electron chi connectivity index (χ4n) is 2.14. The molecule has 0 bridgehead atoms. The molecular weight excluding hydrogens is 260 g/mol. The topological polar surface area (TPSA) is 57.7 Å². The normalized spacial score (nSPS) is 27.2. The Hall–Kier alpha value is -0.270. The van der Waals surface area contributed by atoms with Gasteiger partial charge in [-0.1, -0.05) is 0 Å². The Bertz CT molecular complexity index is 383. The van der Waals surface area contributed by atoms with Gasteiger partial charge in [-0.2, -0.15) is 16.9 Å². The first kappa shape index (κ1) is 14.8. The van der Waals surface area contributed by atoms with E-state index in [2.05, 4.69) is 12.6 Å². The summed E-state index contributed by atoms with van der Waals surface area (Å²) < 4.78 is 24.6. The minimum Gasteiger partial charge on any atom is -0.337 e. The van der Waals surface area contributed by atoms with Crippen LogP contribution in [0.5, 0.6) is 0 Å². The second-order valence-corrected chi connectivity index (χ2v) is 6.93. The molecule has 2 unspecified atom stereocenters. The van der Waals surface area contributed by atoms with Crippen molar-refractivity contribution in [3.05, 3.63) is 0 Å². The van der Waals surface area contributed by atoms with Gasteiger partial charge in [0, 0.05) is 31.6 Å². The third-order valence-electron chi connectivity index (χ3n) is 3.00. The Balaban J connectivity index is 2.77. The number of thiol groups is 1. The Morgan fingerprint density at radius 2 is 1.88 bits per heavy atom. The first-order valence-corrected chi connectivity index (χ1v) is 8.12. The Morgan fingerprint density at radius 1 is 1.29 bits per heavy atom. The molecular formula is C10H20N2O3S2. The van der Waals surface area contributed by atoms with E-state index in [1.807, 2.05) is 13.8 Å². The SMILES string of the molecule is CC1CN(S(C)(=O)=O)C(C)CN1C(=O)CCS. The van der Waals surface area contributed by atoms with Gasteiger partial charge < -0.3 is 4.90 Å². The Morgan fingerprint density at radius 3 is 2.35 bits per heavy atom. The molecule has 1 aliphatic heterocycles. The second-order valence-electron chi connectivity index (χ2n) is 4.55. The number of carbonyl (C=O) groups is 1. The summed E-state index contributed by atoms with van der Waals surface area (Å²) in [5, 5.41) is 0. The van der Waals surface area contributed by atoms with Crippen LogP contribution < -0.4 is 0 Å². The van der Waals surface area contributed by atoms with E-state index >= 15 is 0 Å². The van der Waals surface area contributed by atoms with Crippen LogP contribution in [-0.2, 0) is 14.8 Å². The van der Waals surface area contributed by atoms with E-state index in [0.717, 1.165) is 0 Å². The van der Waals surface area contributed by atoms with Gasteiger partial charge in [0.15, 0.2) is 0 Å². The molecule has 0 spiro atoms. The number of nitrogens with zero attached hydrogens (tertiary/aromatic N) is 2. The van der Waals surface area contributed by atoms with Crippen molar-refractivity contribution in [3.63, 3.8) is 0 Å². The second kappa shape index (κ2) is 5.58. The summed E-state index contributed by atoms with van der Waals surface area (Å²) >= 11 is 4.04. The maximum absolute atomic E-state index is 11.8. The van der Waals surface area contributed by atoms with Crippen LogP contribution in [0.15, 0.2) is 0 Å². The van der Waals surface area contributed by atoms with E-state index in [1.54, 1.807) is 4.90 Å². The first-order valence-electron chi connectivity index (χ1n) is 5.64. The van der Waals surface area contributed by atoms with Crippen LogP contribution >= 0.6 is 12.6 Å². The fraction of sp³-hybridized carbons (Fsp3) is 0.900. The van der Waals surface area contributed by atoms with Crippen LogP contribution in [0.1, 0.15) is 20.3 Å². The fourth-order valence-corrected chi connectivity index (χ4v) is 3.54. The van der Waals surface area contributed by atoms with Gasteiger partial charge in [-0.25, -0.2) is 8.42 Å². The summed E-state index contributed by atoms with van der Waals surface area (Å²) in [6.07, 6.45) is 1.61. The van der Waals surface area contributed by atoms with Crippen molar-refractivity contribution in [1.29, 1.82) is 0 Å². The van der Waals surface area contributed by atoms with Crippen LogP contribution in [0.2, 0.25) is 0 Å². The van der Waals surface area contributed by atoms with Gasteiger partial charge in [0.25, 0.3) is 0 Å². The van der Waals surface area contributed by atoms with Crippen LogP contribution in [0.4, 0.5) is 0 Å². The lowest BCUT2D eigenvalue weighted by Gasteiger charge is -2.42. The molecule has 1 fully saturated rings. The number of amides is 1. The summed E-state index contributed by atoms with van der Waals surface area (Å²) in [6, 6.07) is -0.238. The zero-order chi connectivity index (χ0) is 13.2. The van der Waals surface area contributed by atoms with Crippen LogP contribution in [0.3, 0.4) is 0 Å². The number of hydrogen-bond acceptors (Lipinski definition) is 4. The standard InChI is InChI=1S/C10H20N2O3S2/c1-8-7-12(17(3,14)15)9(2)6-11(8)10(13)4-5-16/h8-9,16H,4-7H2,1-3H3. The number of piperazine rings is 1. The molecule has 7 heteroatoms. The molecule has 1 heterocycles. The summed E-state index contributed by atoms with van der Waals surface area (Å²) in [4.78, 5) is 13.6. The summed E-state index contributed by atoms with van der Waals surface area (Å²) in [6.45, 7) is 4.54. The van der Waals surface area contributed by atoms with E-state index in [1.165, 1.54) is 10.6 Å². The number of carbonyl (C=O) groups excluding carboxylic acids is 1. The third kappa shape index (κ3) is 3.59. The quantitative estimate of drug-likeness (QED) is 0.751.